The van der Waals surface area contributed by atoms with Gasteiger partial charge >= 0.3 is 5.97 Å². The van der Waals surface area contributed by atoms with E-state index < -0.39 is 35.5 Å². The van der Waals surface area contributed by atoms with Crippen molar-refractivity contribution in [2.24, 2.45) is 17.3 Å². The molecular weight excluding hydrogens is 526 g/mol. The number of ketones is 1. The molecule has 41 heavy (non-hydrogen) atoms. The highest BCUT2D eigenvalue weighted by molar-refractivity contribution is 6.03. The van der Waals surface area contributed by atoms with Crippen LogP contribution in [0.25, 0.3) is 0 Å². The van der Waals surface area contributed by atoms with Crippen LogP contribution in [0.3, 0.4) is 0 Å². The summed E-state index contributed by atoms with van der Waals surface area (Å²) in [6.45, 7) is 15.6. The smallest absolute Gasteiger partial charge is 0.319 e. The Morgan fingerprint density at radius 3 is 2.37 bits per heavy atom. The van der Waals surface area contributed by atoms with Crippen molar-refractivity contribution in [3.8, 4) is 0 Å². The van der Waals surface area contributed by atoms with Crippen molar-refractivity contribution in [1.82, 2.24) is 14.7 Å². The van der Waals surface area contributed by atoms with E-state index >= 15 is 0 Å². The fraction of sp³-hybridized carbons (Fsp3) is 0.935. The lowest BCUT2D eigenvalue weighted by Gasteiger charge is -2.47. The first-order chi connectivity index (χ1) is 19.1. The van der Waals surface area contributed by atoms with Gasteiger partial charge in [0.25, 0.3) is 0 Å². The molecule has 10 nitrogen and oxygen atoms in total. The first kappa shape index (κ1) is 34.4. The van der Waals surface area contributed by atoms with Crippen LogP contribution in [0.4, 0.5) is 0 Å². The zero-order valence-electron chi connectivity index (χ0n) is 27.2. The van der Waals surface area contributed by atoms with Crippen molar-refractivity contribution in [3.63, 3.8) is 0 Å². The monoisotopic (exact) mass is 583 g/mol. The predicted molar refractivity (Wildman–Crippen MR) is 158 cm³/mol. The molecule has 3 fully saturated rings. The summed E-state index contributed by atoms with van der Waals surface area (Å²) < 4.78 is 24.6. The van der Waals surface area contributed by atoms with Gasteiger partial charge in [-0.25, -0.2) is 0 Å². The molecule has 0 spiro atoms. The van der Waals surface area contributed by atoms with Crippen molar-refractivity contribution < 1.29 is 33.6 Å². The number of aliphatic hydroxyl groups is 1. The standard InChI is InChI=1S/C31H57N3O7/c1-11-12-34-17-22(18-34)24-19-39-29(37)30(4,5)25(35)14-26(31(6,38-10)15-20(2)16-33(24)9)41-28-27(36)23(32(7)8)13-21(3)40-28/h20-24,26-28,36H,11-19H2,1-10H3/t20-,21-,23+,24?,26-,27-,28+,31-/m1/s1. The van der Waals surface area contributed by atoms with Gasteiger partial charge in [-0.2, -0.15) is 0 Å². The first-order valence-electron chi connectivity index (χ1n) is 15.5. The number of hydrogen-bond acceptors (Lipinski definition) is 10. The average molecular weight is 584 g/mol. The van der Waals surface area contributed by atoms with Gasteiger partial charge in [-0.05, 0) is 80.6 Å². The molecule has 0 bridgehead atoms. The van der Waals surface area contributed by atoms with Gasteiger partial charge in [0.2, 0.25) is 0 Å². The molecule has 3 rings (SSSR count). The molecule has 1 unspecified atom stereocenters. The third-order valence-corrected chi connectivity index (χ3v) is 9.67. The maximum Gasteiger partial charge on any atom is 0.319 e. The zero-order chi connectivity index (χ0) is 30.7. The van der Waals surface area contributed by atoms with Crippen LogP contribution in [0.5, 0.6) is 0 Å². The molecule has 0 aromatic carbocycles. The summed E-state index contributed by atoms with van der Waals surface area (Å²) in [6, 6.07) is -0.0871. The Labute approximate surface area is 248 Å². The van der Waals surface area contributed by atoms with E-state index in [1.165, 1.54) is 0 Å². The molecular formula is C31H57N3O7. The number of nitrogens with zero attached hydrogens (tertiary/aromatic N) is 3. The molecule has 3 aliphatic heterocycles. The molecule has 0 saturated carbocycles. The minimum absolute atomic E-state index is 0.0669. The van der Waals surface area contributed by atoms with E-state index in [9.17, 15) is 14.7 Å². The molecule has 3 saturated heterocycles. The van der Waals surface area contributed by atoms with E-state index in [0.717, 1.165) is 32.6 Å². The van der Waals surface area contributed by atoms with Gasteiger partial charge in [-0.1, -0.05) is 13.8 Å². The summed E-state index contributed by atoms with van der Waals surface area (Å²) in [6.07, 6.45) is -0.387. The third kappa shape index (κ3) is 8.08. The molecule has 0 aliphatic carbocycles. The fourth-order valence-electron chi connectivity index (χ4n) is 6.81. The van der Waals surface area contributed by atoms with Gasteiger partial charge in [0.05, 0.1) is 17.8 Å². The number of rotatable bonds is 7. The molecule has 8 atom stereocenters. The number of hydrogen-bond donors (Lipinski definition) is 1. The molecule has 3 heterocycles. The Kier molecular flexibility index (Phi) is 11.8. The van der Waals surface area contributed by atoms with Crippen LogP contribution < -0.4 is 0 Å². The van der Waals surface area contributed by atoms with Crippen molar-refractivity contribution in [2.45, 2.75) is 110 Å². The Hall–Kier alpha value is -1.14. The lowest BCUT2D eigenvalue weighted by molar-refractivity contribution is -0.289. The zero-order valence-corrected chi connectivity index (χ0v) is 27.2. The summed E-state index contributed by atoms with van der Waals surface area (Å²) in [7, 11) is 7.59. The van der Waals surface area contributed by atoms with Crippen LogP contribution in [0.15, 0.2) is 0 Å². The second kappa shape index (κ2) is 14.1. The topological polar surface area (TPSA) is 101 Å². The third-order valence-electron chi connectivity index (χ3n) is 9.67. The fourth-order valence-corrected chi connectivity index (χ4v) is 6.81. The number of methoxy groups -OCH3 is 1. The number of likely N-dealkylation sites (N-methyl/N-ethyl adjacent to an activating group) is 2. The molecule has 0 radical (unpaired) electrons. The van der Waals surface area contributed by atoms with E-state index in [2.05, 4.69) is 30.7 Å². The van der Waals surface area contributed by atoms with E-state index in [1.807, 2.05) is 32.8 Å². The number of cyclic esters (lactones) is 1. The van der Waals surface area contributed by atoms with Gasteiger partial charge in [0, 0.05) is 51.2 Å². The number of carbonyl (C=O) groups is 2. The first-order valence-corrected chi connectivity index (χ1v) is 15.5. The highest BCUT2D eigenvalue weighted by Crippen LogP contribution is 2.36. The molecule has 0 aromatic heterocycles. The number of likely N-dealkylation sites (tertiary alicyclic amines) is 1. The molecule has 3 aliphatic rings. The van der Waals surface area contributed by atoms with E-state index in [0.29, 0.717) is 18.8 Å². The van der Waals surface area contributed by atoms with Crippen LogP contribution >= 0.6 is 0 Å². The Bertz CT molecular complexity index is 880. The Morgan fingerprint density at radius 1 is 1.12 bits per heavy atom. The molecule has 238 valence electrons. The molecule has 0 aromatic rings. The van der Waals surface area contributed by atoms with Gasteiger partial charge in [0.15, 0.2) is 12.1 Å². The normalized spacial score (nSPS) is 39.0. The SMILES string of the molecule is CCCN1CC(C2COC(=O)C(C)(C)C(=O)C[C@@H](O[C@@H]3O[C@H](C)C[C@H](N(C)C)[C@H]3O)[C@](C)(OC)C[C@@H](C)CN2C)C1. The van der Waals surface area contributed by atoms with Crippen LogP contribution in [0, 0.1) is 17.3 Å². The summed E-state index contributed by atoms with van der Waals surface area (Å²) in [5.74, 6) is -0.216. The number of ether oxygens (including phenoxy) is 4. The van der Waals surface area contributed by atoms with Crippen molar-refractivity contribution in [3.05, 3.63) is 0 Å². The Balaban J connectivity index is 1.90. The molecule has 1 N–H and O–H groups in total. The predicted octanol–water partition coefficient (Wildman–Crippen LogP) is 2.41. The molecule has 0 amide bonds. The minimum atomic E-state index is -1.36. The number of Topliss-reactive ketones (excluding diaryl/α,β-unsaturated/α-hetero) is 1. The summed E-state index contributed by atoms with van der Waals surface area (Å²) in [4.78, 5) is 33.9. The highest BCUT2D eigenvalue weighted by atomic mass is 16.7. The van der Waals surface area contributed by atoms with E-state index in [1.54, 1.807) is 21.0 Å². The number of esters is 1. The van der Waals surface area contributed by atoms with E-state index in [4.69, 9.17) is 18.9 Å². The van der Waals surface area contributed by atoms with Crippen LogP contribution in [-0.4, -0.2) is 135 Å². The Morgan fingerprint density at radius 2 is 1.78 bits per heavy atom. The van der Waals surface area contributed by atoms with Crippen LogP contribution in [0.2, 0.25) is 0 Å². The van der Waals surface area contributed by atoms with Gasteiger partial charge in [0.1, 0.15) is 18.1 Å². The van der Waals surface area contributed by atoms with Crippen LogP contribution in [-0.2, 0) is 28.5 Å². The maximum absolute atomic E-state index is 13.8. The maximum atomic E-state index is 13.8. The van der Waals surface area contributed by atoms with Gasteiger partial charge < -0.3 is 33.9 Å². The summed E-state index contributed by atoms with van der Waals surface area (Å²) in [5.41, 5.74) is -2.23. The van der Waals surface area contributed by atoms with Crippen molar-refractivity contribution >= 4 is 11.8 Å². The lowest BCUT2D eigenvalue weighted by atomic mass is 9.79. The van der Waals surface area contributed by atoms with E-state index in [-0.39, 0.29) is 42.9 Å². The van der Waals surface area contributed by atoms with Gasteiger partial charge in [-0.15, -0.1) is 0 Å². The number of aliphatic hydroxyl groups excluding tert-OH is 1. The second-order valence-corrected chi connectivity index (χ2v) is 13.9. The van der Waals surface area contributed by atoms with Crippen LogP contribution in [0.1, 0.15) is 67.2 Å². The summed E-state index contributed by atoms with van der Waals surface area (Å²) >= 11 is 0. The van der Waals surface area contributed by atoms with Crippen molar-refractivity contribution in [2.75, 3.05) is 61.0 Å². The quantitative estimate of drug-likeness (QED) is 0.355. The lowest BCUT2D eigenvalue weighted by Crippen LogP contribution is -2.58. The minimum Gasteiger partial charge on any atom is -0.463 e. The second-order valence-electron chi connectivity index (χ2n) is 13.9. The van der Waals surface area contributed by atoms with Gasteiger partial charge in [-0.3, -0.25) is 14.5 Å². The number of carbonyl (C=O) groups excluding carboxylic acids is 2. The molecule has 10 heteroatoms. The average Bonchev–Trinajstić information content (AvgIpc) is 2.87. The highest BCUT2D eigenvalue weighted by Gasteiger charge is 2.48. The summed E-state index contributed by atoms with van der Waals surface area (Å²) in [5, 5.41) is 11.2. The van der Waals surface area contributed by atoms with Crippen molar-refractivity contribution in [1.29, 1.82) is 0 Å². The largest absolute Gasteiger partial charge is 0.463 e.